The number of aromatic nitrogens is 4. The molecule has 0 aliphatic heterocycles. The van der Waals surface area contributed by atoms with Gasteiger partial charge < -0.3 is 10.4 Å². The van der Waals surface area contributed by atoms with Crippen LogP contribution in [0.25, 0.3) is 11.4 Å². The Morgan fingerprint density at radius 1 is 1.50 bits per heavy atom. The topological polar surface area (TPSA) is 92.9 Å². The van der Waals surface area contributed by atoms with E-state index in [-0.39, 0.29) is 19.1 Å². The normalized spacial score (nSPS) is 10.3. The van der Waals surface area contributed by atoms with Crippen LogP contribution < -0.4 is 5.32 Å². The van der Waals surface area contributed by atoms with Gasteiger partial charge in [-0.05, 0) is 22.6 Å². The number of aliphatic hydroxyl groups is 1. The quantitative estimate of drug-likeness (QED) is 0.766. The minimum Gasteiger partial charge on any atom is -0.395 e. The van der Waals surface area contributed by atoms with Crippen LogP contribution in [0, 0.1) is 0 Å². The molecule has 7 heteroatoms. The van der Waals surface area contributed by atoms with Crippen molar-refractivity contribution in [3.63, 3.8) is 0 Å². The summed E-state index contributed by atoms with van der Waals surface area (Å²) in [5.74, 6) is 0.354. The molecule has 0 atom stereocenters. The number of tetrazole rings is 1. The van der Waals surface area contributed by atoms with Crippen molar-refractivity contribution in [2.45, 2.75) is 0 Å². The van der Waals surface area contributed by atoms with Gasteiger partial charge in [-0.1, -0.05) is 12.1 Å². The number of aliphatic hydroxyl groups excluding tert-OH is 1. The van der Waals surface area contributed by atoms with Gasteiger partial charge in [-0.3, -0.25) is 4.79 Å². The molecule has 0 spiro atoms. The largest absolute Gasteiger partial charge is 0.395 e. The third-order valence-electron chi connectivity index (χ3n) is 2.40. The molecule has 0 aliphatic rings. The average Bonchev–Trinajstić information content (AvgIpc) is 2.82. The molecule has 1 amide bonds. The van der Waals surface area contributed by atoms with E-state index in [2.05, 4.69) is 20.8 Å². The summed E-state index contributed by atoms with van der Waals surface area (Å²) >= 11 is 0. The molecule has 0 saturated heterocycles. The second kappa shape index (κ2) is 5.37. The highest BCUT2D eigenvalue weighted by atomic mass is 16.3. The number of rotatable bonds is 4. The molecule has 2 N–H and O–H groups in total. The summed E-state index contributed by atoms with van der Waals surface area (Å²) in [7, 11) is 1.73. The summed E-state index contributed by atoms with van der Waals surface area (Å²) in [5.41, 5.74) is 1.27. The van der Waals surface area contributed by atoms with Gasteiger partial charge in [0.2, 0.25) is 0 Å². The van der Waals surface area contributed by atoms with Gasteiger partial charge in [0.15, 0.2) is 5.82 Å². The lowest BCUT2D eigenvalue weighted by molar-refractivity contribution is 0.0945. The molecule has 1 aromatic carbocycles. The molecule has 1 heterocycles. The Labute approximate surface area is 103 Å². The average molecular weight is 247 g/mol. The van der Waals surface area contributed by atoms with Gasteiger partial charge in [0.25, 0.3) is 5.91 Å². The predicted molar refractivity (Wildman–Crippen MR) is 63.7 cm³/mol. The molecule has 0 unspecified atom stereocenters. The summed E-state index contributed by atoms with van der Waals surface area (Å²) in [6.07, 6.45) is 0. The van der Waals surface area contributed by atoms with Crippen LogP contribution in [0.5, 0.6) is 0 Å². The highest BCUT2D eigenvalue weighted by molar-refractivity contribution is 5.95. The SMILES string of the molecule is Cn1nnnc1-c1cccc(C(=O)NCCO)c1. The molecular weight excluding hydrogens is 234 g/mol. The summed E-state index contributed by atoms with van der Waals surface area (Å²) in [4.78, 5) is 11.7. The molecule has 18 heavy (non-hydrogen) atoms. The number of hydrogen-bond acceptors (Lipinski definition) is 5. The van der Waals surface area contributed by atoms with Crippen molar-refractivity contribution in [1.29, 1.82) is 0 Å². The smallest absolute Gasteiger partial charge is 0.251 e. The number of carbonyl (C=O) groups excluding carboxylic acids is 1. The van der Waals surface area contributed by atoms with Crippen LogP contribution in [0.2, 0.25) is 0 Å². The number of nitrogens with one attached hydrogen (secondary N) is 1. The highest BCUT2D eigenvalue weighted by Crippen LogP contribution is 2.16. The van der Waals surface area contributed by atoms with Crippen LogP contribution in [0.15, 0.2) is 24.3 Å². The first kappa shape index (κ1) is 12.2. The van der Waals surface area contributed by atoms with Gasteiger partial charge >= 0.3 is 0 Å². The molecule has 2 aromatic rings. The fraction of sp³-hybridized carbons (Fsp3) is 0.273. The lowest BCUT2D eigenvalue weighted by atomic mass is 10.1. The summed E-state index contributed by atoms with van der Waals surface area (Å²) in [6.45, 7) is 0.146. The van der Waals surface area contributed by atoms with Crippen molar-refractivity contribution in [2.75, 3.05) is 13.2 Å². The number of benzene rings is 1. The summed E-state index contributed by atoms with van der Waals surface area (Å²) in [6, 6.07) is 6.99. The van der Waals surface area contributed by atoms with Crippen molar-refractivity contribution in [2.24, 2.45) is 7.05 Å². The van der Waals surface area contributed by atoms with Crippen LogP contribution in [-0.2, 0) is 7.05 Å². The second-order valence-electron chi connectivity index (χ2n) is 3.69. The van der Waals surface area contributed by atoms with Crippen molar-refractivity contribution in [3.8, 4) is 11.4 Å². The zero-order valence-corrected chi connectivity index (χ0v) is 9.87. The van der Waals surface area contributed by atoms with Crippen molar-refractivity contribution < 1.29 is 9.90 Å². The van der Waals surface area contributed by atoms with Gasteiger partial charge in [-0.25, -0.2) is 4.68 Å². The number of amides is 1. The Morgan fingerprint density at radius 2 is 2.33 bits per heavy atom. The predicted octanol–water partition coefficient (Wildman–Crippen LogP) is -0.401. The van der Waals surface area contributed by atoms with Gasteiger partial charge in [0, 0.05) is 24.7 Å². The molecule has 7 nitrogen and oxygen atoms in total. The maximum atomic E-state index is 11.7. The molecule has 1 aromatic heterocycles. The van der Waals surface area contributed by atoms with E-state index in [1.54, 1.807) is 25.2 Å². The van der Waals surface area contributed by atoms with Crippen molar-refractivity contribution >= 4 is 5.91 Å². The fourth-order valence-corrected chi connectivity index (χ4v) is 1.55. The van der Waals surface area contributed by atoms with E-state index in [0.29, 0.717) is 11.4 Å². The Balaban J connectivity index is 2.25. The highest BCUT2D eigenvalue weighted by Gasteiger charge is 2.09. The van der Waals surface area contributed by atoms with Gasteiger partial charge in [-0.2, -0.15) is 0 Å². The van der Waals surface area contributed by atoms with Crippen LogP contribution in [-0.4, -0.2) is 44.4 Å². The van der Waals surface area contributed by atoms with Crippen molar-refractivity contribution in [3.05, 3.63) is 29.8 Å². The minimum absolute atomic E-state index is 0.0847. The van der Waals surface area contributed by atoms with Gasteiger partial charge in [0.1, 0.15) is 0 Å². The Morgan fingerprint density at radius 3 is 3.00 bits per heavy atom. The number of carbonyl (C=O) groups is 1. The zero-order chi connectivity index (χ0) is 13.0. The Kier molecular flexibility index (Phi) is 3.63. The third kappa shape index (κ3) is 2.51. The van der Waals surface area contributed by atoms with E-state index in [1.807, 2.05) is 6.07 Å². The van der Waals surface area contributed by atoms with Gasteiger partial charge in [0.05, 0.1) is 6.61 Å². The fourth-order valence-electron chi connectivity index (χ4n) is 1.55. The molecule has 2 rings (SSSR count). The molecule has 0 fully saturated rings. The van der Waals surface area contributed by atoms with Crippen molar-refractivity contribution in [1.82, 2.24) is 25.5 Å². The Hall–Kier alpha value is -2.28. The first-order chi connectivity index (χ1) is 8.72. The second-order valence-corrected chi connectivity index (χ2v) is 3.69. The van der Waals surface area contributed by atoms with E-state index in [0.717, 1.165) is 5.56 Å². The first-order valence-corrected chi connectivity index (χ1v) is 5.44. The molecular formula is C11H13N5O2. The maximum absolute atomic E-state index is 11.7. The van der Waals surface area contributed by atoms with Crippen LogP contribution in [0.1, 0.15) is 10.4 Å². The standard InChI is InChI=1S/C11H13N5O2/c1-16-10(13-14-15-16)8-3-2-4-9(7-8)11(18)12-5-6-17/h2-4,7,17H,5-6H2,1H3,(H,12,18). The van der Waals surface area contributed by atoms with E-state index >= 15 is 0 Å². The maximum Gasteiger partial charge on any atom is 0.251 e. The van der Waals surface area contributed by atoms with E-state index in [1.165, 1.54) is 4.68 Å². The first-order valence-electron chi connectivity index (χ1n) is 5.44. The van der Waals surface area contributed by atoms with E-state index < -0.39 is 0 Å². The summed E-state index contributed by atoms with van der Waals surface area (Å²) < 4.78 is 1.53. The molecule has 0 saturated carbocycles. The van der Waals surface area contributed by atoms with E-state index in [9.17, 15) is 4.79 Å². The van der Waals surface area contributed by atoms with Crippen LogP contribution in [0.3, 0.4) is 0 Å². The minimum atomic E-state index is -0.235. The Bertz CT molecular complexity index is 552. The molecule has 94 valence electrons. The summed E-state index contributed by atoms with van der Waals surface area (Å²) in [5, 5.41) is 22.4. The zero-order valence-electron chi connectivity index (χ0n) is 9.87. The van der Waals surface area contributed by atoms with Gasteiger partial charge in [-0.15, -0.1) is 5.10 Å². The molecule has 0 radical (unpaired) electrons. The number of nitrogens with zero attached hydrogens (tertiary/aromatic N) is 4. The lowest BCUT2D eigenvalue weighted by Crippen LogP contribution is -2.26. The van der Waals surface area contributed by atoms with Crippen LogP contribution in [0.4, 0.5) is 0 Å². The molecule has 0 aliphatic carbocycles. The number of aryl methyl sites for hydroxylation is 1. The lowest BCUT2D eigenvalue weighted by Gasteiger charge is -2.05. The van der Waals surface area contributed by atoms with Crippen LogP contribution >= 0.6 is 0 Å². The third-order valence-corrected chi connectivity index (χ3v) is 2.40. The monoisotopic (exact) mass is 247 g/mol. The number of hydrogen-bond donors (Lipinski definition) is 2. The molecule has 0 bridgehead atoms. The van der Waals surface area contributed by atoms with E-state index in [4.69, 9.17) is 5.11 Å².